The number of nitrogens with zero attached hydrogens (tertiary/aromatic N) is 3. The molecule has 0 spiro atoms. The molecule has 0 unspecified atom stereocenters. The Morgan fingerprint density at radius 1 is 1.36 bits per heavy atom. The minimum absolute atomic E-state index is 0. The zero-order chi connectivity index (χ0) is 9.90. The van der Waals surface area contributed by atoms with Gasteiger partial charge >= 0.3 is 29.6 Å². The molecule has 1 fully saturated rings. The van der Waals surface area contributed by atoms with Crippen LogP contribution in [0.25, 0.3) is 10.4 Å². The van der Waals surface area contributed by atoms with E-state index < -0.39 is 21.4 Å². The first-order valence-electron chi connectivity index (χ1n) is 4.04. The van der Waals surface area contributed by atoms with Gasteiger partial charge in [0.2, 0.25) is 0 Å². The molecule has 0 N–H and O–H groups in total. The van der Waals surface area contributed by atoms with Gasteiger partial charge in [-0.15, -0.1) is 0 Å². The van der Waals surface area contributed by atoms with E-state index in [1.807, 2.05) is 0 Å². The van der Waals surface area contributed by atoms with Crippen LogP contribution in [-0.2, 0) is 10.1 Å². The second-order valence-electron chi connectivity index (χ2n) is 3.09. The van der Waals surface area contributed by atoms with Gasteiger partial charge in [-0.25, -0.2) is 8.42 Å². The molecule has 8 heteroatoms. The van der Waals surface area contributed by atoms with Gasteiger partial charge in [-0.1, -0.05) is 18.0 Å². The van der Waals surface area contributed by atoms with Crippen molar-refractivity contribution in [2.45, 2.75) is 37.0 Å². The minimum Gasteiger partial charge on any atom is -0.748 e. The summed E-state index contributed by atoms with van der Waals surface area (Å²) in [5.41, 5.74) is 8.16. The Morgan fingerprint density at radius 2 is 1.93 bits per heavy atom. The molecule has 0 aromatic rings. The monoisotopic (exact) mass is 227 g/mol. The normalized spacial score (nSPS) is 27.2. The van der Waals surface area contributed by atoms with Gasteiger partial charge in [0, 0.05) is 4.91 Å². The third-order valence-electron chi connectivity index (χ3n) is 2.24. The fourth-order valence-corrected chi connectivity index (χ4v) is 2.64. The van der Waals surface area contributed by atoms with Crippen molar-refractivity contribution in [1.82, 2.24) is 0 Å². The van der Waals surface area contributed by atoms with E-state index in [2.05, 4.69) is 10.0 Å². The predicted molar refractivity (Wildman–Crippen MR) is 44.9 cm³/mol. The number of hydrogen-bond donors (Lipinski definition) is 0. The summed E-state index contributed by atoms with van der Waals surface area (Å²) in [6, 6.07) is -0.666. The van der Waals surface area contributed by atoms with Crippen molar-refractivity contribution in [1.29, 1.82) is 0 Å². The molecule has 0 aromatic carbocycles. The maximum Gasteiger partial charge on any atom is 1.00 e. The van der Waals surface area contributed by atoms with Gasteiger partial charge in [-0.2, -0.15) is 0 Å². The Morgan fingerprint density at radius 3 is 2.43 bits per heavy atom. The average molecular weight is 227 g/mol. The first-order valence-corrected chi connectivity index (χ1v) is 5.52. The van der Waals surface area contributed by atoms with Crippen molar-refractivity contribution < 1.29 is 42.5 Å². The molecule has 2 atom stereocenters. The van der Waals surface area contributed by atoms with Crippen LogP contribution in [0.4, 0.5) is 0 Å². The summed E-state index contributed by atoms with van der Waals surface area (Å²) in [7, 11) is -4.31. The molecule has 1 rings (SSSR count). The fourth-order valence-electron chi connectivity index (χ4n) is 1.61. The largest absolute Gasteiger partial charge is 1.00 e. The predicted octanol–water partition coefficient (Wildman–Crippen LogP) is -1.84. The zero-order valence-corrected chi connectivity index (χ0v) is 10.8. The van der Waals surface area contributed by atoms with Crippen LogP contribution in [0.1, 0.15) is 25.7 Å². The van der Waals surface area contributed by atoms with Crippen molar-refractivity contribution in [2.75, 3.05) is 0 Å². The van der Waals surface area contributed by atoms with E-state index in [0.29, 0.717) is 19.3 Å². The summed E-state index contributed by atoms with van der Waals surface area (Å²) in [5.74, 6) is 0. The maximum atomic E-state index is 10.7. The molecule has 0 aromatic heterocycles. The summed E-state index contributed by atoms with van der Waals surface area (Å²) in [4.78, 5) is 2.54. The standard InChI is InChI=1S/C6H11N3O3S.Na/c7-9-8-5-3-1-2-4-6(5)13(10,11)12;/h5-6H,1-4H2,(H,10,11,12);/q;+1/p-1/t5-,6-;/m1./s1. The molecule has 0 heterocycles. The van der Waals surface area contributed by atoms with E-state index in [1.165, 1.54) is 0 Å². The van der Waals surface area contributed by atoms with Gasteiger partial charge in [0.05, 0.1) is 21.4 Å². The Bertz CT molecular complexity index is 325. The SMILES string of the molecule is [N-]=[N+]=N[C@@H]1CCCC[C@H]1S(=O)(=O)[O-].[Na+]. The molecule has 0 saturated heterocycles. The van der Waals surface area contributed by atoms with Gasteiger partial charge in [0.25, 0.3) is 0 Å². The quantitative estimate of drug-likeness (QED) is 0.182. The summed E-state index contributed by atoms with van der Waals surface area (Å²) in [5, 5.41) is 2.32. The van der Waals surface area contributed by atoms with Crippen molar-refractivity contribution in [3.05, 3.63) is 10.4 Å². The van der Waals surface area contributed by atoms with Gasteiger partial charge in [0.15, 0.2) is 0 Å². The third kappa shape index (κ3) is 3.76. The number of azide groups is 1. The van der Waals surface area contributed by atoms with E-state index in [0.717, 1.165) is 6.42 Å². The van der Waals surface area contributed by atoms with Gasteiger partial charge in [0.1, 0.15) is 0 Å². The topological polar surface area (TPSA) is 106 Å². The van der Waals surface area contributed by atoms with Gasteiger partial charge in [-0.05, 0) is 18.4 Å². The molecule has 74 valence electrons. The molecule has 0 amide bonds. The smallest absolute Gasteiger partial charge is 0.748 e. The Balaban J connectivity index is 0.00000169. The molecular weight excluding hydrogens is 217 g/mol. The van der Waals surface area contributed by atoms with E-state index in [-0.39, 0.29) is 29.6 Å². The molecule has 0 aliphatic heterocycles. The van der Waals surface area contributed by atoms with E-state index in [4.69, 9.17) is 5.53 Å². The summed E-state index contributed by atoms with van der Waals surface area (Å²) >= 11 is 0. The van der Waals surface area contributed by atoms with Crippen LogP contribution in [0.5, 0.6) is 0 Å². The molecule has 0 radical (unpaired) electrons. The fraction of sp³-hybridized carbons (Fsp3) is 1.00. The molecule has 1 aliphatic carbocycles. The van der Waals surface area contributed by atoms with Crippen LogP contribution in [-0.4, -0.2) is 24.3 Å². The van der Waals surface area contributed by atoms with Crippen LogP contribution in [0.15, 0.2) is 5.11 Å². The summed E-state index contributed by atoms with van der Waals surface area (Å²) < 4.78 is 32.2. The van der Waals surface area contributed by atoms with Crippen LogP contribution in [0.3, 0.4) is 0 Å². The van der Waals surface area contributed by atoms with Crippen LogP contribution < -0.4 is 29.6 Å². The molecule has 0 bridgehead atoms. The van der Waals surface area contributed by atoms with Crippen molar-refractivity contribution in [3.8, 4) is 0 Å². The molecule has 14 heavy (non-hydrogen) atoms. The molecule has 6 nitrogen and oxygen atoms in total. The van der Waals surface area contributed by atoms with Crippen molar-refractivity contribution in [2.24, 2.45) is 5.11 Å². The molecule has 1 aliphatic rings. The van der Waals surface area contributed by atoms with Crippen molar-refractivity contribution >= 4 is 10.1 Å². The van der Waals surface area contributed by atoms with E-state index in [1.54, 1.807) is 0 Å². The molecule has 1 saturated carbocycles. The van der Waals surface area contributed by atoms with Crippen molar-refractivity contribution in [3.63, 3.8) is 0 Å². The summed E-state index contributed by atoms with van der Waals surface area (Å²) in [6.07, 6.45) is 2.34. The first-order chi connectivity index (χ1) is 6.05. The Labute approximate surface area is 105 Å². The van der Waals surface area contributed by atoms with E-state index in [9.17, 15) is 13.0 Å². The van der Waals surface area contributed by atoms with Crippen LogP contribution in [0.2, 0.25) is 0 Å². The van der Waals surface area contributed by atoms with Gasteiger partial charge < -0.3 is 4.55 Å². The average Bonchev–Trinajstić information content (AvgIpc) is 2.04. The first kappa shape index (κ1) is 14.2. The third-order valence-corrected chi connectivity index (χ3v) is 3.53. The molecular formula is C6H10N3NaO3S. The van der Waals surface area contributed by atoms with Gasteiger partial charge in [-0.3, -0.25) is 0 Å². The number of hydrogen-bond acceptors (Lipinski definition) is 4. The minimum atomic E-state index is -4.31. The van der Waals surface area contributed by atoms with Crippen LogP contribution in [0, 0.1) is 0 Å². The van der Waals surface area contributed by atoms with E-state index >= 15 is 0 Å². The maximum absolute atomic E-state index is 10.7. The van der Waals surface area contributed by atoms with Crippen LogP contribution >= 0.6 is 0 Å². The zero-order valence-electron chi connectivity index (χ0n) is 7.96. The number of rotatable bonds is 2. The summed E-state index contributed by atoms with van der Waals surface area (Å²) in [6.45, 7) is 0. The Hall–Kier alpha value is 0.220. The second kappa shape index (κ2) is 5.95. The second-order valence-corrected chi connectivity index (χ2v) is 4.68. The Kier molecular flexibility index (Phi) is 6.04.